The van der Waals surface area contributed by atoms with Crippen LogP contribution in [0, 0.1) is 0 Å². The second-order valence-electron chi connectivity index (χ2n) is 7.13. The number of nitrogens with one attached hydrogen (secondary N) is 2. The van der Waals surface area contributed by atoms with Crippen molar-refractivity contribution in [3.05, 3.63) is 76.6 Å². The molecule has 2 N–H and O–H groups in total. The molecule has 7 nitrogen and oxygen atoms in total. The van der Waals surface area contributed by atoms with Gasteiger partial charge in [0.2, 0.25) is 11.8 Å². The Morgan fingerprint density at radius 2 is 1.91 bits per heavy atom. The number of benzene rings is 2. The number of amides is 2. The quantitative estimate of drug-likeness (QED) is 0.303. The lowest BCUT2D eigenvalue weighted by atomic mass is 10.2. The second-order valence-corrected chi connectivity index (χ2v) is 8.48. The number of carbonyl (C=O) groups excluding carboxylic acids is 2. The fraction of sp³-hybridized carbons (Fsp3) is 0.217. The third-order valence-corrected chi connectivity index (χ3v) is 5.97. The van der Waals surface area contributed by atoms with Crippen molar-refractivity contribution in [1.29, 1.82) is 0 Å². The first-order valence-electron chi connectivity index (χ1n) is 10.4. The summed E-state index contributed by atoms with van der Waals surface area (Å²) in [5.74, 6) is -0.418. The van der Waals surface area contributed by atoms with Crippen LogP contribution in [0.2, 0.25) is 5.02 Å². The highest BCUT2D eigenvalue weighted by molar-refractivity contribution is 7.99. The zero-order chi connectivity index (χ0) is 25.4. The van der Waals surface area contributed by atoms with Gasteiger partial charge in [-0.3, -0.25) is 9.59 Å². The molecule has 0 saturated carbocycles. The molecule has 0 radical (unpaired) electrons. The fourth-order valence-electron chi connectivity index (χ4n) is 2.98. The molecule has 0 unspecified atom stereocenters. The van der Waals surface area contributed by atoms with Crippen molar-refractivity contribution in [2.75, 3.05) is 11.1 Å². The third kappa shape index (κ3) is 7.59. The molecule has 0 aliphatic carbocycles. The Hall–Kier alpha value is -3.31. The lowest BCUT2D eigenvalue weighted by Gasteiger charge is -2.10. The maximum absolute atomic E-state index is 12.8. The predicted molar refractivity (Wildman–Crippen MR) is 129 cm³/mol. The lowest BCUT2D eigenvalue weighted by Crippen LogP contribution is -2.22. The molecular weight excluding hydrogens is 503 g/mol. The number of aromatic nitrogens is 3. The predicted octanol–water partition coefficient (Wildman–Crippen LogP) is 5.03. The van der Waals surface area contributed by atoms with Gasteiger partial charge in [0.15, 0.2) is 11.0 Å². The average Bonchev–Trinajstić information content (AvgIpc) is 3.22. The second kappa shape index (κ2) is 11.9. The van der Waals surface area contributed by atoms with E-state index in [1.807, 2.05) is 13.0 Å². The van der Waals surface area contributed by atoms with Crippen molar-refractivity contribution in [1.82, 2.24) is 20.1 Å². The summed E-state index contributed by atoms with van der Waals surface area (Å²) in [5, 5.41) is 14.3. The van der Waals surface area contributed by atoms with Crippen LogP contribution < -0.4 is 10.6 Å². The van der Waals surface area contributed by atoms with E-state index in [0.29, 0.717) is 28.1 Å². The van der Waals surface area contributed by atoms with Crippen molar-refractivity contribution in [2.24, 2.45) is 0 Å². The van der Waals surface area contributed by atoms with Crippen molar-refractivity contribution in [3.63, 3.8) is 0 Å². The van der Waals surface area contributed by atoms with E-state index < -0.39 is 17.6 Å². The zero-order valence-electron chi connectivity index (χ0n) is 18.5. The molecule has 0 spiro atoms. The standard InChI is InChI=1S/C23H21ClF3N5O2S/c1-2-32-19(13-28-20(33)11-10-15-6-3-4-9-18(15)24)30-31-22(32)35-14-21(34)29-17-8-5-7-16(12-17)23(25,26)27/h3-12H,2,13-14H2,1H3,(H,28,33)(H,29,34)/b11-10+. The topological polar surface area (TPSA) is 88.9 Å². The lowest BCUT2D eigenvalue weighted by molar-refractivity contribution is -0.137. The molecule has 0 fully saturated rings. The van der Waals surface area contributed by atoms with Crippen LogP contribution in [-0.2, 0) is 28.9 Å². The SMILES string of the molecule is CCn1c(CNC(=O)/C=C/c2ccccc2Cl)nnc1SCC(=O)Nc1cccc(C(F)(F)F)c1. The fourth-order valence-corrected chi connectivity index (χ4v) is 4.00. The first kappa shape index (κ1) is 26.3. The molecule has 1 aromatic heterocycles. The van der Waals surface area contributed by atoms with Gasteiger partial charge in [0.1, 0.15) is 0 Å². The Labute approximate surface area is 208 Å². The summed E-state index contributed by atoms with van der Waals surface area (Å²) in [6, 6.07) is 11.5. The summed E-state index contributed by atoms with van der Waals surface area (Å²) in [6.45, 7) is 2.47. The van der Waals surface area contributed by atoms with E-state index in [1.165, 1.54) is 18.2 Å². The Morgan fingerprint density at radius 1 is 1.14 bits per heavy atom. The molecule has 12 heteroatoms. The van der Waals surface area contributed by atoms with Crippen LogP contribution in [0.4, 0.5) is 18.9 Å². The van der Waals surface area contributed by atoms with Crippen LogP contribution >= 0.6 is 23.4 Å². The minimum Gasteiger partial charge on any atom is -0.345 e. The summed E-state index contributed by atoms with van der Waals surface area (Å²) in [4.78, 5) is 24.4. The van der Waals surface area contributed by atoms with Gasteiger partial charge in [-0.15, -0.1) is 10.2 Å². The molecule has 2 aromatic carbocycles. The van der Waals surface area contributed by atoms with Gasteiger partial charge in [-0.05, 0) is 42.8 Å². The minimum atomic E-state index is -4.50. The van der Waals surface area contributed by atoms with E-state index in [9.17, 15) is 22.8 Å². The molecule has 184 valence electrons. The van der Waals surface area contributed by atoms with Gasteiger partial charge in [-0.25, -0.2) is 0 Å². The zero-order valence-corrected chi connectivity index (χ0v) is 20.0. The van der Waals surface area contributed by atoms with Crippen molar-refractivity contribution >= 4 is 46.9 Å². The Balaban J connectivity index is 1.54. The Morgan fingerprint density at radius 3 is 2.63 bits per heavy atom. The Kier molecular flexibility index (Phi) is 8.94. The summed E-state index contributed by atoms with van der Waals surface area (Å²) in [5.41, 5.74) is -0.0826. The number of nitrogens with zero attached hydrogens (tertiary/aromatic N) is 3. The van der Waals surface area contributed by atoms with Crippen LogP contribution in [0.5, 0.6) is 0 Å². The number of hydrogen-bond acceptors (Lipinski definition) is 5. The van der Waals surface area contributed by atoms with E-state index in [-0.39, 0.29) is 23.9 Å². The van der Waals surface area contributed by atoms with Crippen LogP contribution in [0.1, 0.15) is 23.9 Å². The van der Waals surface area contributed by atoms with Crippen LogP contribution in [0.3, 0.4) is 0 Å². The maximum atomic E-state index is 12.8. The molecule has 0 aliphatic heterocycles. The maximum Gasteiger partial charge on any atom is 0.416 e. The molecule has 0 atom stereocenters. The average molecular weight is 524 g/mol. The molecule has 3 rings (SSSR count). The number of alkyl halides is 3. The highest BCUT2D eigenvalue weighted by Crippen LogP contribution is 2.30. The van der Waals surface area contributed by atoms with Gasteiger partial charge in [-0.1, -0.05) is 47.6 Å². The summed E-state index contributed by atoms with van der Waals surface area (Å²) >= 11 is 7.15. The van der Waals surface area contributed by atoms with Gasteiger partial charge in [0, 0.05) is 23.3 Å². The number of carbonyl (C=O) groups is 2. The van der Waals surface area contributed by atoms with Gasteiger partial charge < -0.3 is 15.2 Å². The van der Waals surface area contributed by atoms with Crippen molar-refractivity contribution in [2.45, 2.75) is 31.3 Å². The third-order valence-electron chi connectivity index (χ3n) is 4.66. The van der Waals surface area contributed by atoms with E-state index in [0.717, 1.165) is 23.9 Å². The summed E-state index contributed by atoms with van der Waals surface area (Å²) in [7, 11) is 0. The number of halogens is 4. The first-order chi connectivity index (χ1) is 16.7. The van der Waals surface area contributed by atoms with Crippen LogP contribution in [0.25, 0.3) is 6.08 Å². The van der Waals surface area contributed by atoms with E-state index >= 15 is 0 Å². The normalized spacial score (nSPS) is 11.6. The van der Waals surface area contributed by atoms with E-state index in [2.05, 4.69) is 20.8 Å². The van der Waals surface area contributed by atoms with Gasteiger partial charge >= 0.3 is 6.18 Å². The number of hydrogen-bond donors (Lipinski definition) is 2. The minimum absolute atomic E-state index is 0.0515. The molecule has 0 bridgehead atoms. The molecular formula is C23H21ClF3N5O2S. The largest absolute Gasteiger partial charge is 0.416 e. The monoisotopic (exact) mass is 523 g/mol. The van der Waals surface area contributed by atoms with Gasteiger partial charge in [-0.2, -0.15) is 13.2 Å². The van der Waals surface area contributed by atoms with Crippen molar-refractivity contribution < 1.29 is 22.8 Å². The smallest absolute Gasteiger partial charge is 0.345 e. The van der Waals surface area contributed by atoms with Gasteiger partial charge in [0.25, 0.3) is 0 Å². The van der Waals surface area contributed by atoms with Crippen LogP contribution in [0.15, 0.2) is 59.8 Å². The first-order valence-corrected chi connectivity index (χ1v) is 11.8. The molecule has 3 aromatic rings. The van der Waals surface area contributed by atoms with Crippen LogP contribution in [-0.4, -0.2) is 32.3 Å². The van der Waals surface area contributed by atoms with Crippen molar-refractivity contribution in [3.8, 4) is 0 Å². The molecule has 0 saturated heterocycles. The molecule has 0 aliphatic rings. The highest BCUT2D eigenvalue weighted by Gasteiger charge is 2.30. The summed E-state index contributed by atoms with van der Waals surface area (Å²) < 4.78 is 40.3. The Bertz CT molecular complexity index is 1230. The number of rotatable bonds is 9. The highest BCUT2D eigenvalue weighted by atomic mass is 35.5. The van der Waals surface area contributed by atoms with Gasteiger partial charge in [0.05, 0.1) is 17.9 Å². The van der Waals surface area contributed by atoms with E-state index in [4.69, 9.17) is 11.6 Å². The molecule has 35 heavy (non-hydrogen) atoms. The molecule has 2 amide bonds. The van der Waals surface area contributed by atoms with E-state index in [1.54, 1.807) is 28.8 Å². The number of anilines is 1. The molecule has 1 heterocycles. The summed E-state index contributed by atoms with van der Waals surface area (Å²) in [6.07, 6.45) is -1.53. The number of thioether (sulfide) groups is 1.